The molecule has 6 nitrogen and oxygen atoms in total. The smallest absolute Gasteiger partial charge is 0.269 e. The maximum Gasteiger partial charge on any atom is 0.269 e. The lowest BCUT2D eigenvalue weighted by molar-refractivity contribution is -0.126. The van der Waals surface area contributed by atoms with Crippen LogP contribution >= 0.6 is 15.9 Å². The first-order chi connectivity index (χ1) is 12.8. The summed E-state index contributed by atoms with van der Waals surface area (Å²) in [6, 6.07) is 12.6. The summed E-state index contributed by atoms with van der Waals surface area (Å²) in [6.07, 6.45) is 0.118. The SMILES string of the molecule is Cc1ccc(N2C[C@@H](C(=O)NNC(=O)c3ccc(Br)cc3)CC2=O)cc1C. The van der Waals surface area contributed by atoms with Crippen LogP contribution in [0.4, 0.5) is 5.69 Å². The molecule has 1 aliphatic heterocycles. The Morgan fingerprint density at radius 2 is 1.74 bits per heavy atom. The van der Waals surface area contributed by atoms with Crippen LogP contribution in [0.25, 0.3) is 0 Å². The molecule has 7 heteroatoms. The number of hydrazine groups is 1. The zero-order valence-corrected chi connectivity index (χ0v) is 16.7. The number of hydrogen-bond acceptors (Lipinski definition) is 3. The van der Waals surface area contributed by atoms with Crippen molar-refractivity contribution < 1.29 is 14.4 Å². The second-order valence-corrected chi connectivity index (χ2v) is 7.54. The molecule has 1 heterocycles. The molecule has 1 fully saturated rings. The van der Waals surface area contributed by atoms with E-state index < -0.39 is 11.8 Å². The van der Waals surface area contributed by atoms with Gasteiger partial charge in [-0.15, -0.1) is 0 Å². The van der Waals surface area contributed by atoms with Crippen molar-refractivity contribution in [3.05, 3.63) is 63.6 Å². The second-order valence-electron chi connectivity index (χ2n) is 6.62. The molecule has 0 radical (unpaired) electrons. The molecule has 1 aliphatic rings. The molecule has 2 aromatic carbocycles. The monoisotopic (exact) mass is 429 g/mol. The zero-order valence-electron chi connectivity index (χ0n) is 15.1. The van der Waals surface area contributed by atoms with Gasteiger partial charge in [-0.2, -0.15) is 0 Å². The van der Waals surface area contributed by atoms with Gasteiger partial charge >= 0.3 is 0 Å². The fourth-order valence-electron chi connectivity index (χ4n) is 2.92. The molecule has 140 valence electrons. The molecule has 0 aliphatic carbocycles. The third-order valence-electron chi connectivity index (χ3n) is 4.70. The average Bonchev–Trinajstić information content (AvgIpc) is 3.04. The average molecular weight is 430 g/mol. The van der Waals surface area contributed by atoms with Crippen LogP contribution in [0.5, 0.6) is 0 Å². The Kier molecular flexibility index (Phi) is 5.60. The molecule has 2 aromatic rings. The highest BCUT2D eigenvalue weighted by Gasteiger charge is 2.35. The van der Waals surface area contributed by atoms with E-state index in [0.29, 0.717) is 12.1 Å². The molecule has 0 bridgehead atoms. The highest BCUT2D eigenvalue weighted by Crippen LogP contribution is 2.26. The first-order valence-corrected chi connectivity index (χ1v) is 9.38. The van der Waals surface area contributed by atoms with E-state index in [4.69, 9.17) is 0 Å². The number of carbonyl (C=O) groups is 3. The molecule has 0 spiro atoms. The standard InChI is InChI=1S/C20H20BrN3O3/c1-12-3-8-17(9-13(12)2)24-11-15(10-18(24)25)20(27)23-22-19(26)14-4-6-16(21)7-5-14/h3-9,15H,10-11H2,1-2H3,(H,22,26)(H,23,27)/t15-/m0/s1. The lowest BCUT2D eigenvalue weighted by atomic mass is 10.1. The summed E-state index contributed by atoms with van der Waals surface area (Å²) in [5.74, 6) is -1.40. The lowest BCUT2D eigenvalue weighted by Crippen LogP contribution is -2.45. The normalized spacial score (nSPS) is 16.3. The van der Waals surface area contributed by atoms with Crippen molar-refractivity contribution in [2.24, 2.45) is 5.92 Å². The van der Waals surface area contributed by atoms with Crippen LogP contribution in [-0.2, 0) is 9.59 Å². The fourth-order valence-corrected chi connectivity index (χ4v) is 3.18. The minimum Gasteiger partial charge on any atom is -0.312 e. The number of nitrogens with zero attached hydrogens (tertiary/aromatic N) is 1. The summed E-state index contributed by atoms with van der Waals surface area (Å²) in [6.45, 7) is 4.29. The Morgan fingerprint density at radius 1 is 1.04 bits per heavy atom. The van der Waals surface area contributed by atoms with Crippen molar-refractivity contribution >= 4 is 39.3 Å². The van der Waals surface area contributed by atoms with Gasteiger partial charge in [0.15, 0.2) is 0 Å². The van der Waals surface area contributed by atoms with E-state index in [2.05, 4.69) is 26.8 Å². The predicted octanol–water partition coefficient (Wildman–Crippen LogP) is 2.88. The Morgan fingerprint density at radius 3 is 2.41 bits per heavy atom. The lowest BCUT2D eigenvalue weighted by Gasteiger charge is -2.18. The van der Waals surface area contributed by atoms with Crippen molar-refractivity contribution in [2.75, 3.05) is 11.4 Å². The van der Waals surface area contributed by atoms with Gasteiger partial charge in [-0.1, -0.05) is 22.0 Å². The van der Waals surface area contributed by atoms with Crippen LogP contribution in [0, 0.1) is 19.8 Å². The Hall–Kier alpha value is -2.67. The highest BCUT2D eigenvalue weighted by molar-refractivity contribution is 9.10. The number of nitrogens with one attached hydrogen (secondary N) is 2. The largest absolute Gasteiger partial charge is 0.312 e. The maximum absolute atomic E-state index is 12.4. The summed E-state index contributed by atoms with van der Waals surface area (Å²) in [5.41, 5.74) is 8.28. The van der Waals surface area contributed by atoms with Crippen molar-refractivity contribution in [3.63, 3.8) is 0 Å². The number of halogens is 1. The van der Waals surface area contributed by atoms with E-state index >= 15 is 0 Å². The van der Waals surface area contributed by atoms with E-state index in [1.54, 1.807) is 29.2 Å². The fraction of sp³-hybridized carbons (Fsp3) is 0.250. The Bertz CT molecular complexity index is 896. The van der Waals surface area contributed by atoms with Crippen molar-refractivity contribution in [2.45, 2.75) is 20.3 Å². The Balaban J connectivity index is 1.59. The van der Waals surface area contributed by atoms with Gasteiger partial charge in [-0.05, 0) is 61.4 Å². The molecule has 0 unspecified atom stereocenters. The minimum absolute atomic E-state index is 0.0994. The van der Waals surface area contributed by atoms with E-state index in [1.807, 2.05) is 32.0 Å². The maximum atomic E-state index is 12.4. The number of hydrogen-bond donors (Lipinski definition) is 2. The zero-order chi connectivity index (χ0) is 19.6. The summed E-state index contributed by atoms with van der Waals surface area (Å²) in [5, 5.41) is 0. The molecule has 3 amide bonds. The number of carbonyl (C=O) groups excluding carboxylic acids is 3. The van der Waals surface area contributed by atoms with E-state index in [1.165, 1.54) is 0 Å². The van der Waals surface area contributed by atoms with Gasteiger partial charge in [0.2, 0.25) is 11.8 Å². The summed E-state index contributed by atoms with van der Waals surface area (Å²) < 4.78 is 0.860. The number of benzene rings is 2. The van der Waals surface area contributed by atoms with Crippen LogP contribution in [0.2, 0.25) is 0 Å². The van der Waals surface area contributed by atoms with Crippen molar-refractivity contribution in [1.82, 2.24) is 10.9 Å². The van der Waals surface area contributed by atoms with E-state index in [-0.39, 0.29) is 18.2 Å². The molecule has 27 heavy (non-hydrogen) atoms. The third-order valence-corrected chi connectivity index (χ3v) is 5.23. The second kappa shape index (κ2) is 7.92. The molecular weight excluding hydrogens is 410 g/mol. The van der Waals surface area contributed by atoms with E-state index in [0.717, 1.165) is 21.3 Å². The Labute approximate surface area is 166 Å². The van der Waals surface area contributed by atoms with Gasteiger partial charge in [0, 0.05) is 28.7 Å². The van der Waals surface area contributed by atoms with Gasteiger partial charge in [0.05, 0.1) is 5.92 Å². The molecule has 1 atom stereocenters. The molecule has 0 aromatic heterocycles. The number of aryl methyl sites for hydroxylation is 2. The number of rotatable bonds is 3. The van der Waals surface area contributed by atoms with Crippen LogP contribution in [0.1, 0.15) is 27.9 Å². The van der Waals surface area contributed by atoms with Crippen LogP contribution in [-0.4, -0.2) is 24.3 Å². The topological polar surface area (TPSA) is 78.5 Å². The van der Waals surface area contributed by atoms with E-state index in [9.17, 15) is 14.4 Å². The first kappa shape index (κ1) is 19.1. The molecule has 0 saturated carbocycles. The first-order valence-electron chi connectivity index (χ1n) is 8.58. The van der Waals surface area contributed by atoms with Crippen LogP contribution in [0.3, 0.4) is 0 Å². The predicted molar refractivity (Wildman–Crippen MR) is 106 cm³/mol. The molecule has 2 N–H and O–H groups in total. The quantitative estimate of drug-likeness (QED) is 0.736. The van der Waals surface area contributed by atoms with Gasteiger partial charge in [-0.3, -0.25) is 25.2 Å². The minimum atomic E-state index is -0.510. The van der Waals surface area contributed by atoms with Gasteiger partial charge in [0.1, 0.15) is 0 Å². The van der Waals surface area contributed by atoms with Crippen molar-refractivity contribution in [3.8, 4) is 0 Å². The summed E-state index contributed by atoms with van der Waals surface area (Å²) in [7, 11) is 0. The summed E-state index contributed by atoms with van der Waals surface area (Å²) >= 11 is 3.30. The molecular formula is C20H20BrN3O3. The molecule has 1 saturated heterocycles. The van der Waals surface area contributed by atoms with Crippen molar-refractivity contribution in [1.29, 1.82) is 0 Å². The van der Waals surface area contributed by atoms with Gasteiger partial charge in [0.25, 0.3) is 5.91 Å². The molecule has 3 rings (SSSR count). The van der Waals surface area contributed by atoms with Gasteiger partial charge < -0.3 is 4.90 Å². The number of anilines is 1. The van der Waals surface area contributed by atoms with Crippen LogP contribution < -0.4 is 15.8 Å². The highest BCUT2D eigenvalue weighted by atomic mass is 79.9. The summed E-state index contributed by atoms with van der Waals surface area (Å²) in [4.78, 5) is 38.4. The van der Waals surface area contributed by atoms with Gasteiger partial charge in [-0.25, -0.2) is 0 Å². The van der Waals surface area contributed by atoms with Crippen LogP contribution in [0.15, 0.2) is 46.9 Å². The third kappa shape index (κ3) is 4.36. The number of amides is 3.